The first-order valence-corrected chi connectivity index (χ1v) is 8.98. The number of rotatable bonds is 5. The van der Waals surface area contributed by atoms with Crippen LogP contribution in [-0.4, -0.2) is 12.6 Å². The summed E-state index contributed by atoms with van der Waals surface area (Å²) in [6.45, 7) is 6.80. The Morgan fingerprint density at radius 3 is 2.25 bits per heavy atom. The van der Waals surface area contributed by atoms with Crippen molar-refractivity contribution in [1.29, 1.82) is 5.26 Å². The van der Waals surface area contributed by atoms with Crippen molar-refractivity contribution in [3.8, 4) is 6.07 Å². The number of nitrogens with zero attached hydrogens (tertiary/aromatic N) is 1. The predicted molar refractivity (Wildman–Crippen MR) is 93.0 cm³/mol. The Balaban J connectivity index is 1.99. The maximum absolute atomic E-state index is 12.6. The quantitative estimate of drug-likeness (QED) is 0.748. The fourth-order valence-electron chi connectivity index (χ4n) is 5.30. The summed E-state index contributed by atoms with van der Waals surface area (Å²) in [5.41, 5.74) is 1.37. The summed E-state index contributed by atoms with van der Waals surface area (Å²) < 4.78 is 5.27. The summed E-state index contributed by atoms with van der Waals surface area (Å²) in [4.78, 5) is 12.6. The van der Waals surface area contributed by atoms with Gasteiger partial charge in [-0.15, -0.1) is 0 Å². The lowest BCUT2D eigenvalue weighted by atomic mass is 9.53. The second kappa shape index (κ2) is 5.92. The Hall–Kier alpha value is -1.82. The molecule has 2 unspecified atom stereocenters. The van der Waals surface area contributed by atoms with Gasteiger partial charge in [0.1, 0.15) is 5.92 Å². The first-order chi connectivity index (χ1) is 11.4. The molecule has 0 amide bonds. The molecule has 2 aliphatic rings. The summed E-state index contributed by atoms with van der Waals surface area (Å²) in [6.07, 6.45) is 5.03. The smallest absolute Gasteiger partial charge is 0.323 e. The number of benzene rings is 1. The van der Waals surface area contributed by atoms with E-state index in [0.717, 1.165) is 19.3 Å². The van der Waals surface area contributed by atoms with E-state index in [9.17, 15) is 10.1 Å². The fourth-order valence-corrected chi connectivity index (χ4v) is 5.30. The molecule has 2 saturated carbocycles. The summed E-state index contributed by atoms with van der Waals surface area (Å²) in [6, 6.07) is 12.6. The third-order valence-electron chi connectivity index (χ3n) is 6.83. The topological polar surface area (TPSA) is 50.1 Å². The van der Waals surface area contributed by atoms with Crippen molar-refractivity contribution in [1.82, 2.24) is 0 Å². The van der Waals surface area contributed by atoms with E-state index in [1.165, 1.54) is 18.4 Å². The Labute approximate surface area is 145 Å². The minimum atomic E-state index is -0.683. The Bertz CT molecular complexity index is 644. The number of nitriles is 1. The Morgan fingerprint density at radius 2 is 1.79 bits per heavy atom. The zero-order valence-electron chi connectivity index (χ0n) is 15.0. The van der Waals surface area contributed by atoms with Gasteiger partial charge in [-0.1, -0.05) is 44.2 Å². The van der Waals surface area contributed by atoms with Crippen LogP contribution in [0.3, 0.4) is 0 Å². The van der Waals surface area contributed by atoms with E-state index in [1.807, 2.05) is 18.2 Å². The van der Waals surface area contributed by atoms with Crippen LogP contribution in [0.5, 0.6) is 0 Å². The highest BCUT2D eigenvalue weighted by Gasteiger charge is 2.66. The highest BCUT2D eigenvalue weighted by atomic mass is 16.5. The SMILES string of the molecule is CCOC(=O)C(C#N)C1(Cc2ccccc2)C[C@]2(C)CC[C@]2(C)C1. The van der Waals surface area contributed by atoms with E-state index < -0.39 is 5.92 Å². The molecule has 0 saturated heterocycles. The van der Waals surface area contributed by atoms with Crippen LogP contribution >= 0.6 is 0 Å². The van der Waals surface area contributed by atoms with Crippen molar-refractivity contribution in [2.45, 2.75) is 52.9 Å². The maximum atomic E-state index is 12.6. The van der Waals surface area contributed by atoms with Crippen LogP contribution in [0.1, 0.15) is 52.0 Å². The predicted octanol–water partition coefficient (Wildman–Crippen LogP) is 4.52. The molecule has 2 aliphatic carbocycles. The molecule has 1 aromatic rings. The number of hydrogen-bond acceptors (Lipinski definition) is 3. The minimum absolute atomic E-state index is 0.239. The number of hydrogen-bond donors (Lipinski definition) is 0. The molecule has 0 bridgehead atoms. The molecule has 0 N–H and O–H groups in total. The van der Waals surface area contributed by atoms with E-state index in [2.05, 4.69) is 32.0 Å². The van der Waals surface area contributed by atoms with E-state index in [1.54, 1.807) is 6.92 Å². The standard InChI is InChI=1S/C21H27NO2/c1-4-24-18(23)17(13-22)21(12-16-8-6-5-7-9-16)14-19(2)10-11-20(19,3)15-21/h5-9,17H,4,10-12,14-15H2,1-3H3/t17?,19-,20+,21?. The van der Waals surface area contributed by atoms with Gasteiger partial charge in [0.2, 0.25) is 0 Å². The highest BCUT2D eigenvalue weighted by Crippen LogP contribution is 2.73. The van der Waals surface area contributed by atoms with Crippen LogP contribution in [0.15, 0.2) is 30.3 Å². The third-order valence-corrected chi connectivity index (χ3v) is 6.83. The zero-order chi connectivity index (χ0) is 17.4. The maximum Gasteiger partial charge on any atom is 0.323 e. The van der Waals surface area contributed by atoms with Gasteiger partial charge in [0.15, 0.2) is 0 Å². The summed E-state index contributed by atoms with van der Waals surface area (Å²) in [7, 11) is 0. The molecule has 4 atom stereocenters. The summed E-state index contributed by atoms with van der Waals surface area (Å²) >= 11 is 0. The van der Waals surface area contributed by atoms with E-state index >= 15 is 0 Å². The molecule has 3 nitrogen and oxygen atoms in total. The minimum Gasteiger partial charge on any atom is -0.465 e. The van der Waals surface area contributed by atoms with Crippen LogP contribution < -0.4 is 0 Å². The van der Waals surface area contributed by atoms with Crippen LogP contribution in [-0.2, 0) is 16.0 Å². The van der Waals surface area contributed by atoms with Crippen molar-refractivity contribution in [3.05, 3.63) is 35.9 Å². The van der Waals surface area contributed by atoms with Gasteiger partial charge < -0.3 is 4.74 Å². The molecular formula is C21H27NO2. The van der Waals surface area contributed by atoms with Gasteiger partial charge in [-0.3, -0.25) is 4.79 Å². The molecule has 0 aromatic heterocycles. The monoisotopic (exact) mass is 325 g/mol. The van der Waals surface area contributed by atoms with Gasteiger partial charge in [-0.2, -0.15) is 5.26 Å². The van der Waals surface area contributed by atoms with Crippen molar-refractivity contribution in [2.24, 2.45) is 22.2 Å². The van der Waals surface area contributed by atoms with E-state index in [4.69, 9.17) is 4.74 Å². The summed E-state index contributed by atoms with van der Waals surface area (Å²) in [5.74, 6) is -1.03. The van der Waals surface area contributed by atoms with Gasteiger partial charge in [0, 0.05) is 5.41 Å². The normalized spacial score (nSPS) is 35.4. The van der Waals surface area contributed by atoms with Gasteiger partial charge in [0.05, 0.1) is 12.7 Å². The molecule has 2 fully saturated rings. The average molecular weight is 325 g/mol. The van der Waals surface area contributed by atoms with Crippen LogP contribution in [0.25, 0.3) is 0 Å². The van der Waals surface area contributed by atoms with Gasteiger partial charge in [-0.05, 0) is 55.4 Å². The van der Waals surface area contributed by atoms with Crippen LogP contribution in [0.4, 0.5) is 0 Å². The molecule has 0 aliphatic heterocycles. The molecule has 0 radical (unpaired) electrons. The van der Waals surface area contributed by atoms with Crippen molar-refractivity contribution < 1.29 is 9.53 Å². The second-order valence-corrected chi connectivity index (χ2v) is 8.31. The summed E-state index contributed by atoms with van der Waals surface area (Å²) in [5, 5.41) is 9.84. The van der Waals surface area contributed by atoms with Crippen molar-refractivity contribution >= 4 is 5.97 Å². The molecule has 3 rings (SSSR count). The highest BCUT2D eigenvalue weighted by molar-refractivity contribution is 5.76. The number of carbonyl (C=O) groups is 1. The lowest BCUT2D eigenvalue weighted by molar-refractivity contribution is -0.150. The number of esters is 1. The van der Waals surface area contributed by atoms with Crippen LogP contribution in [0, 0.1) is 33.5 Å². The lowest BCUT2D eigenvalue weighted by Crippen LogP contribution is -2.42. The first-order valence-electron chi connectivity index (χ1n) is 8.98. The van der Waals surface area contributed by atoms with Crippen LogP contribution in [0.2, 0.25) is 0 Å². The van der Waals surface area contributed by atoms with Crippen molar-refractivity contribution in [2.75, 3.05) is 6.61 Å². The molecule has 3 heteroatoms. The molecule has 24 heavy (non-hydrogen) atoms. The van der Waals surface area contributed by atoms with Crippen molar-refractivity contribution in [3.63, 3.8) is 0 Å². The number of ether oxygens (including phenoxy) is 1. The van der Waals surface area contributed by atoms with Gasteiger partial charge >= 0.3 is 5.97 Å². The molecule has 128 valence electrons. The average Bonchev–Trinajstić information content (AvgIpc) is 2.68. The molecule has 0 heterocycles. The fraction of sp³-hybridized carbons (Fsp3) is 0.619. The Morgan fingerprint density at radius 1 is 1.21 bits per heavy atom. The zero-order valence-corrected chi connectivity index (χ0v) is 15.0. The first kappa shape index (κ1) is 17.0. The second-order valence-electron chi connectivity index (χ2n) is 8.31. The molecule has 1 aromatic carbocycles. The van der Waals surface area contributed by atoms with Gasteiger partial charge in [-0.25, -0.2) is 0 Å². The molecule has 0 spiro atoms. The van der Waals surface area contributed by atoms with Gasteiger partial charge in [0.25, 0.3) is 0 Å². The lowest BCUT2D eigenvalue weighted by Gasteiger charge is -2.52. The molecular weight excluding hydrogens is 298 g/mol. The van der Waals surface area contributed by atoms with E-state index in [-0.39, 0.29) is 22.2 Å². The Kier molecular flexibility index (Phi) is 4.20. The third kappa shape index (κ3) is 2.53. The number of carbonyl (C=O) groups excluding carboxylic acids is 1. The largest absolute Gasteiger partial charge is 0.465 e. The van der Waals surface area contributed by atoms with E-state index in [0.29, 0.717) is 6.61 Å². The number of fused-ring (bicyclic) bond motifs is 1.